The molecule has 1 saturated heterocycles. The number of carbonyl (C=O) groups is 1. The van der Waals surface area contributed by atoms with Gasteiger partial charge >= 0.3 is 6.03 Å². The molecule has 0 unspecified atom stereocenters. The van der Waals surface area contributed by atoms with Crippen molar-refractivity contribution in [1.29, 1.82) is 0 Å². The Morgan fingerprint density at radius 1 is 1.27 bits per heavy atom. The van der Waals surface area contributed by atoms with Gasteiger partial charge in [-0.3, -0.25) is 0 Å². The fourth-order valence-corrected chi connectivity index (χ4v) is 4.99. The van der Waals surface area contributed by atoms with Crippen LogP contribution >= 0.6 is 0 Å². The van der Waals surface area contributed by atoms with Crippen LogP contribution in [0.2, 0.25) is 0 Å². The summed E-state index contributed by atoms with van der Waals surface area (Å²) in [5.41, 5.74) is 4.11. The average molecular weight is 352 g/mol. The monoisotopic (exact) mass is 352 g/mol. The van der Waals surface area contributed by atoms with Gasteiger partial charge in [0, 0.05) is 12.0 Å². The Hall–Kier alpha value is -2.63. The van der Waals surface area contributed by atoms with Crippen molar-refractivity contribution in [2.45, 2.75) is 38.1 Å². The SMILES string of the molecule is C[C@]12Cc3cnn(-c4ccc(F)cc4)c3C=C1CCC[C@@]21CNC(=O)N1. The molecule has 2 heterocycles. The summed E-state index contributed by atoms with van der Waals surface area (Å²) in [5, 5.41) is 10.8. The summed E-state index contributed by atoms with van der Waals surface area (Å²) in [7, 11) is 0. The summed E-state index contributed by atoms with van der Waals surface area (Å²) in [6, 6.07) is 6.34. The van der Waals surface area contributed by atoms with E-state index in [4.69, 9.17) is 0 Å². The summed E-state index contributed by atoms with van der Waals surface area (Å²) < 4.78 is 15.1. The normalized spacial score (nSPS) is 29.6. The van der Waals surface area contributed by atoms with Crippen molar-refractivity contribution in [3.63, 3.8) is 0 Å². The van der Waals surface area contributed by atoms with Crippen LogP contribution in [0.15, 0.2) is 36.0 Å². The molecule has 3 aliphatic rings. The van der Waals surface area contributed by atoms with Crippen molar-refractivity contribution in [1.82, 2.24) is 20.4 Å². The van der Waals surface area contributed by atoms with Crippen LogP contribution in [0.4, 0.5) is 9.18 Å². The molecule has 1 spiro atoms. The Morgan fingerprint density at radius 3 is 2.81 bits per heavy atom. The molecule has 0 bridgehead atoms. The van der Waals surface area contributed by atoms with Crippen molar-refractivity contribution in [3.8, 4) is 5.69 Å². The molecule has 1 aromatic carbocycles. The second kappa shape index (κ2) is 5.19. The van der Waals surface area contributed by atoms with Gasteiger partial charge in [0.05, 0.1) is 23.1 Å². The first-order valence-corrected chi connectivity index (χ1v) is 9.11. The number of halogens is 1. The van der Waals surface area contributed by atoms with Crippen LogP contribution in [-0.4, -0.2) is 27.9 Å². The molecule has 134 valence electrons. The van der Waals surface area contributed by atoms with Crippen molar-refractivity contribution in [2.24, 2.45) is 5.41 Å². The lowest BCUT2D eigenvalue weighted by Crippen LogP contribution is -2.60. The van der Waals surface area contributed by atoms with Gasteiger partial charge < -0.3 is 10.6 Å². The summed E-state index contributed by atoms with van der Waals surface area (Å²) in [4.78, 5) is 11.9. The number of urea groups is 1. The first-order chi connectivity index (χ1) is 12.5. The molecule has 2 amide bonds. The molecule has 6 heteroatoms. The smallest absolute Gasteiger partial charge is 0.315 e. The number of hydrogen-bond donors (Lipinski definition) is 2. The minimum atomic E-state index is -0.251. The third kappa shape index (κ3) is 2.01. The zero-order valence-corrected chi connectivity index (χ0v) is 14.7. The Labute approximate surface area is 151 Å². The van der Waals surface area contributed by atoms with E-state index < -0.39 is 0 Å². The van der Waals surface area contributed by atoms with Crippen LogP contribution in [0.5, 0.6) is 0 Å². The molecule has 26 heavy (non-hydrogen) atoms. The second-order valence-electron chi connectivity index (χ2n) is 7.87. The van der Waals surface area contributed by atoms with Crippen LogP contribution in [0.3, 0.4) is 0 Å². The third-order valence-corrected chi connectivity index (χ3v) is 6.53. The van der Waals surface area contributed by atoms with Crippen molar-refractivity contribution >= 4 is 12.1 Å². The Bertz CT molecular complexity index is 932. The number of aromatic nitrogens is 2. The van der Waals surface area contributed by atoms with Crippen LogP contribution in [0.1, 0.15) is 37.4 Å². The molecule has 2 atom stereocenters. The van der Waals surface area contributed by atoms with E-state index in [9.17, 15) is 9.18 Å². The zero-order chi connectivity index (χ0) is 17.9. The van der Waals surface area contributed by atoms with Gasteiger partial charge in [0.25, 0.3) is 0 Å². The lowest BCUT2D eigenvalue weighted by molar-refractivity contribution is 0.128. The predicted molar refractivity (Wildman–Crippen MR) is 96.4 cm³/mol. The molecule has 1 saturated carbocycles. The molecular formula is C20H21FN4O. The second-order valence-corrected chi connectivity index (χ2v) is 7.87. The quantitative estimate of drug-likeness (QED) is 0.828. The molecule has 2 aliphatic carbocycles. The number of nitrogens with zero attached hydrogens (tertiary/aromatic N) is 2. The molecule has 2 fully saturated rings. The number of rotatable bonds is 1. The summed E-state index contributed by atoms with van der Waals surface area (Å²) >= 11 is 0. The summed E-state index contributed by atoms with van der Waals surface area (Å²) in [6.07, 6.45) is 8.06. The number of amides is 2. The maximum Gasteiger partial charge on any atom is 0.315 e. The number of nitrogens with one attached hydrogen (secondary N) is 2. The molecule has 2 aromatic rings. The highest BCUT2D eigenvalue weighted by molar-refractivity contribution is 5.78. The van der Waals surface area contributed by atoms with E-state index in [1.54, 1.807) is 12.1 Å². The van der Waals surface area contributed by atoms with E-state index in [2.05, 4.69) is 28.7 Å². The summed E-state index contributed by atoms with van der Waals surface area (Å²) in [6.45, 7) is 2.94. The van der Waals surface area contributed by atoms with Crippen LogP contribution in [0.25, 0.3) is 11.8 Å². The molecule has 1 aromatic heterocycles. The number of carbonyl (C=O) groups excluding carboxylic acids is 1. The predicted octanol–water partition coefficient (Wildman–Crippen LogP) is 3.19. The van der Waals surface area contributed by atoms with Gasteiger partial charge in [0.2, 0.25) is 0 Å². The molecule has 1 aliphatic heterocycles. The van der Waals surface area contributed by atoms with E-state index in [0.29, 0.717) is 6.54 Å². The standard InChI is InChI=1S/C20H21FN4O/c1-19-10-13-11-23-25(16-6-4-15(21)5-7-16)17(13)9-14(19)3-2-8-20(19)12-22-18(26)24-20/h4-7,9,11H,2-3,8,10,12H2,1H3,(H2,22,24,26)/t19-,20+/m0/s1. The molecule has 5 nitrogen and oxygen atoms in total. The van der Waals surface area contributed by atoms with Crippen LogP contribution in [-0.2, 0) is 6.42 Å². The molecule has 0 radical (unpaired) electrons. The van der Waals surface area contributed by atoms with E-state index in [-0.39, 0.29) is 22.8 Å². The van der Waals surface area contributed by atoms with Gasteiger partial charge in [0.15, 0.2) is 0 Å². The van der Waals surface area contributed by atoms with Crippen molar-refractivity contribution in [3.05, 3.63) is 53.1 Å². The van der Waals surface area contributed by atoms with Gasteiger partial charge in [-0.2, -0.15) is 5.10 Å². The maximum absolute atomic E-state index is 13.3. The van der Waals surface area contributed by atoms with Gasteiger partial charge in [-0.25, -0.2) is 13.9 Å². The minimum Gasteiger partial charge on any atom is -0.336 e. The summed E-state index contributed by atoms with van der Waals surface area (Å²) in [5.74, 6) is -0.251. The Balaban J connectivity index is 1.60. The topological polar surface area (TPSA) is 59.0 Å². The highest BCUT2D eigenvalue weighted by Crippen LogP contribution is 2.53. The molecular weight excluding hydrogens is 331 g/mol. The lowest BCUT2D eigenvalue weighted by Gasteiger charge is -2.52. The fraction of sp³-hybridized carbons (Fsp3) is 0.400. The number of benzene rings is 1. The minimum absolute atomic E-state index is 0.0692. The zero-order valence-electron chi connectivity index (χ0n) is 14.7. The maximum atomic E-state index is 13.3. The number of hydrogen-bond acceptors (Lipinski definition) is 2. The first-order valence-electron chi connectivity index (χ1n) is 9.11. The van der Waals surface area contributed by atoms with Gasteiger partial charge in [-0.1, -0.05) is 12.5 Å². The largest absolute Gasteiger partial charge is 0.336 e. The van der Waals surface area contributed by atoms with Gasteiger partial charge in [-0.05, 0) is 61.6 Å². The first kappa shape index (κ1) is 15.6. The molecule has 2 N–H and O–H groups in total. The highest BCUT2D eigenvalue weighted by atomic mass is 19.1. The van der Waals surface area contributed by atoms with E-state index in [1.807, 2.05) is 10.9 Å². The van der Waals surface area contributed by atoms with E-state index in [0.717, 1.165) is 37.1 Å². The highest BCUT2D eigenvalue weighted by Gasteiger charge is 2.56. The van der Waals surface area contributed by atoms with Gasteiger partial charge in [-0.15, -0.1) is 0 Å². The van der Waals surface area contributed by atoms with Crippen molar-refractivity contribution in [2.75, 3.05) is 6.54 Å². The Kier molecular flexibility index (Phi) is 3.12. The average Bonchev–Trinajstić information content (AvgIpc) is 3.19. The fourth-order valence-electron chi connectivity index (χ4n) is 4.99. The van der Waals surface area contributed by atoms with E-state index in [1.165, 1.54) is 23.3 Å². The Morgan fingerprint density at radius 2 is 2.08 bits per heavy atom. The van der Waals surface area contributed by atoms with E-state index >= 15 is 0 Å². The van der Waals surface area contributed by atoms with Crippen LogP contribution < -0.4 is 10.6 Å². The lowest BCUT2D eigenvalue weighted by atomic mass is 9.56. The van der Waals surface area contributed by atoms with Crippen molar-refractivity contribution < 1.29 is 9.18 Å². The van der Waals surface area contributed by atoms with Gasteiger partial charge in [0.1, 0.15) is 5.82 Å². The number of fused-ring (bicyclic) bond motifs is 3. The third-order valence-electron chi connectivity index (χ3n) is 6.53. The molecule has 5 rings (SSSR count). The van der Waals surface area contributed by atoms with Crippen LogP contribution in [0, 0.1) is 11.2 Å².